The fourth-order valence-electron chi connectivity index (χ4n) is 2.61. The summed E-state index contributed by atoms with van der Waals surface area (Å²) in [4.78, 5) is 20.8. The maximum Gasteiger partial charge on any atom is 0.270 e. The zero-order valence-electron chi connectivity index (χ0n) is 14.8. The molecule has 3 aromatic rings. The Hall–Kier alpha value is -3.21. The van der Waals surface area contributed by atoms with E-state index in [0.29, 0.717) is 18.2 Å². The third-order valence-electron chi connectivity index (χ3n) is 4.05. The zero-order chi connectivity index (χ0) is 18.2. The third kappa shape index (κ3) is 4.89. The standard InChI is InChI=1S/C21H22N4O/c1-16-8-5-6-12-18(16)24-21-23-15-13-19(25-21)20(26)22-14-7-11-17-9-3-2-4-10-17/h2-6,8-10,12-13,15H,7,11,14H2,1H3,(H,22,26)(H,23,24,25). The molecule has 2 aromatic carbocycles. The smallest absolute Gasteiger partial charge is 0.270 e. The van der Waals surface area contributed by atoms with E-state index in [4.69, 9.17) is 0 Å². The Labute approximate surface area is 153 Å². The van der Waals surface area contributed by atoms with Gasteiger partial charge in [0.2, 0.25) is 5.95 Å². The van der Waals surface area contributed by atoms with Crippen molar-refractivity contribution in [2.24, 2.45) is 0 Å². The third-order valence-corrected chi connectivity index (χ3v) is 4.05. The quantitative estimate of drug-likeness (QED) is 0.637. The van der Waals surface area contributed by atoms with Crippen molar-refractivity contribution in [3.63, 3.8) is 0 Å². The summed E-state index contributed by atoms with van der Waals surface area (Å²) in [6.45, 7) is 2.61. The summed E-state index contributed by atoms with van der Waals surface area (Å²) in [5.74, 6) is 0.226. The van der Waals surface area contributed by atoms with Crippen LogP contribution in [0, 0.1) is 6.92 Å². The Morgan fingerprint density at radius 1 is 1.00 bits per heavy atom. The number of carbonyl (C=O) groups excluding carboxylic acids is 1. The molecule has 0 atom stereocenters. The lowest BCUT2D eigenvalue weighted by Crippen LogP contribution is -2.26. The van der Waals surface area contributed by atoms with E-state index in [2.05, 4.69) is 32.7 Å². The second-order valence-electron chi connectivity index (χ2n) is 6.05. The number of para-hydroxylation sites is 1. The van der Waals surface area contributed by atoms with Crippen molar-refractivity contribution < 1.29 is 4.79 Å². The number of aryl methyl sites for hydroxylation is 2. The van der Waals surface area contributed by atoms with Crippen LogP contribution in [-0.4, -0.2) is 22.4 Å². The average molecular weight is 346 g/mol. The first-order valence-corrected chi connectivity index (χ1v) is 8.70. The Morgan fingerprint density at radius 2 is 1.77 bits per heavy atom. The van der Waals surface area contributed by atoms with Crippen LogP contribution in [0.25, 0.3) is 0 Å². The predicted molar refractivity (Wildman–Crippen MR) is 104 cm³/mol. The molecule has 2 N–H and O–H groups in total. The van der Waals surface area contributed by atoms with Gasteiger partial charge in [-0.25, -0.2) is 9.97 Å². The lowest BCUT2D eigenvalue weighted by molar-refractivity contribution is 0.0948. The minimum atomic E-state index is -0.187. The highest BCUT2D eigenvalue weighted by Crippen LogP contribution is 2.17. The summed E-state index contributed by atoms with van der Waals surface area (Å²) in [6, 6.07) is 19.7. The second-order valence-corrected chi connectivity index (χ2v) is 6.05. The molecule has 0 aliphatic heterocycles. The fraction of sp³-hybridized carbons (Fsp3) is 0.190. The highest BCUT2D eigenvalue weighted by Gasteiger charge is 2.09. The van der Waals surface area contributed by atoms with Crippen LogP contribution < -0.4 is 10.6 Å². The molecule has 0 radical (unpaired) electrons. The van der Waals surface area contributed by atoms with E-state index in [-0.39, 0.29) is 5.91 Å². The second kappa shape index (κ2) is 8.76. The van der Waals surface area contributed by atoms with Gasteiger partial charge in [0.25, 0.3) is 5.91 Å². The highest BCUT2D eigenvalue weighted by atomic mass is 16.1. The molecule has 0 bridgehead atoms. The molecule has 0 saturated carbocycles. The van der Waals surface area contributed by atoms with Crippen LogP contribution in [0.15, 0.2) is 66.9 Å². The molecule has 0 fully saturated rings. The van der Waals surface area contributed by atoms with Gasteiger partial charge in [-0.15, -0.1) is 0 Å². The molecule has 5 nitrogen and oxygen atoms in total. The number of hydrogen-bond acceptors (Lipinski definition) is 4. The molecule has 26 heavy (non-hydrogen) atoms. The minimum absolute atomic E-state index is 0.187. The molecule has 5 heteroatoms. The van der Waals surface area contributed by atoms with Crippen molar-refractivity contribution >= 4 is 17.5 Å². The van der Waals surface area contributed by atoms with Crippen molar-refractivity contribution in [1.29, 1.82) is 0 Å². The van der Waals surface area contributed by atoms with E-state index >= 15 is 0 Å². The first kappa shape index (κ1) is 17.6. The van der Waals surface area contributed by atoms with Crippen molar-refractivity contribution in [3.05, 3.63) is 83.7 Å². The average Bonchev–Trinajstić information content (AvgIpc) is 2.68. The first-order chi connectivity index (χ1) is 12.7. The van der Waals surface area contributed by atoms with Gasteiger partial charge in [0.1, 0.15) is 5.69 Å². The van der Waals surface area contributed by atoms with Crippen LogP contribution in [0.5, 0.6) is 0 Å². The SMILES string of the molecule is Cc1ccccc1Nc1nccc(C(=O)NCCCc2ccccc2)n1. The fourth-order valence-corrected chi connectivity index (χ4v) is 2.61. The summed E-state index contributed by atoms with van der Waals surface area (Å²) in [5.41, 5.74) is 3.64. The monoisotopic (exact) mass is 346 g/mol. The maximum absolute atomic E-state index is 12.3. The van der Waals surface area contributed by atoms with E-state index in [1.54, 1.807) is 12.3 Å². The molecule has 1 aromatic heterocycles. The van der Waals surface area contributed by atoms with Gasteiger partial charge in [0.15, 0.2) is 0 Å². The Balaban J connectivity index is 1.54. The van der Waals surface area contributed by atoms with Crippen LogP contribution in [0.1, 0.15) is 28.0 Å². The number of carbonyl (C=O) groups is 1. The van der Waals surface area contributed by atoms with Crippen molar-refractivity contribution in [3.8, 4) is 0 Å². The molecule has 0 saturated heterocycles. The molecule has 132 valence electrons. The van der Waals surface area contributed by atoms with Crippen molar-refractivity contribution in [2.45, 2.75) is 19.8 Å². The van der Waals surface area contributed by atoms with E-state index in [9.17, 15) is 4.79 Å². The first-order valence-electron chi connectivity index (χ1n) is 8.70. The van der Waals surface area contributed by atoms with Gasteiger partial charge in [0, 0.05) is 18.4 Å². The predicted octanol–water partition coefficient (Wildman–Crippen LogP) is 3.89. The van der Waals surface area contributed by atoms with Crippen LogP contribution in [-0.2, 0) is 6.42 Å². The molecule has 1 heterocycles. The van der Waals surface area contributed by atoms with Crippen LogP contribution in [0.4, 0.5) is 11.6 Å². The summed E-state index contributed by atoms with van der Waals surface area (Å²) >= 11 is 0. The van der Waals surface area contributed by atoms with Gasteiger partial charge in [-0.1, -0.05) is 48.5 Å². The molecule has 3 rings (SSSR count). The number of nitrogens with one attached hydrogen (secondary N) is 2. The lowest BCUT2D eigenvalue weighted by atomic mass is 10.1. The van der Waals surface area contributed by atoms with Crippen LogP contribution >= 0.6 is 0 Å². The number of aromatic nitrogens is 2. The summed E-state index contributed by atoms with van der Waals surface area (Å²) in [6.07, 6.45) is 3.41. The normalized spacial score (nSPS) is 10.3. The van der Waals surface area contributed by atoms with Gasteiger partial charge in [-0.2, -0.15) is 0 Å². The van der Waals surface area contributed by atoms with Gasteiger partial charge in [-0.3, -0.25) is 4.79 Å². The number of amides is 1. The Morgan fingerprint density at radius 3 is 2.58 bits per heavy atom. The molecule has 0 spiro atoms. The number of hydrogen-bond donors (Lipinski definition) is 2. The number of rotatable bonds is 7. The molecular formula is C21H22N4O. The van der Waals surface area contributed by atoms with Gasteiger partial charge >= 0.3 is 0 Å². The topological polar surface area (TPSA) is 66.9 Å². The minimum Gasteiger partial charge on any atom is -0.351 e. The van der Waals surface area contributed by atoms with Crippen molar-refractivity contribution in [2.75, 3.05) is 11.9 Å². The number of nitrogens with zero attached hydrogens (tertiary/aromatic N) is 2. The number of benzene rings is 2. The molecule has 0 unspecified atom stereocenters. The zero-order valence-corrected chi connectivity index (χ0v) is 14.8. The van der Waals surface area contributed by atoms with Gasteiger partial charge in [0.05, 0.1) is 0 Å². The van der Waals surface area contributed by atoms with Gasteiger partial charge < -0.3 is 10.6 Å². The van der Waals surface area contributed by atoms with E-state index in [1.165, 1.54) is 5.56 Å². The summed E-state index contributed by atoms with van der Waals surface area (Å²) in [7, 11) is 0. The van der Waals surface area contributed by atoms with Gasteiger partial charge in [-0.05, 0) is 43.0 Å². The molecular weight excluding hydrogens is 324 g/mol. The Kier molecular flexibility index (Phi) is 5.93. The summed E-state index contributed by atoms with van der Waals surface area (Å²) in [5, 5.41) is 6.07. The summed E-state index contributed by atoms with van der Waals surface area (Å²) < 4.78 is 0. The van der Waals surface area contributed by atoms with E-state index in [0.717, 1.165) is 24.1 Å². The highest BCUT2D eigenvalue weighted by molar-refractivity contribution is 5.92. The Bertz CT molecular complexity index is 865. The molecule has 0 aliphatic rings. The molecule has 1 amide bonds. The van der Waals surface area contributed by atoms with Crippen LogP contribution in [0.3, 0.4) is 0 Å². The largest absolute Gasteiger partial charge is 0.351 e. The lowest BCUT2D eigenvalue weighted by Gasteiger charge is -2.09. The van der Waals surface area contributed by atoms with E-state index < -0.39 is 0 Å². The van der Waals surface area contributed by atoms with Crippen LogP contribution in [0.2, 0.25) is 0 Å². The molecule has 0 aliphatic carbocycles. The maximum atomic E-state index is 12.3. The van der Waals surface area contributed by atoms with E-state index in [1.807, 2.05) is 49.4 Å². The van der Waals surface area contributed by atoms with Crippen molar-refractivity contribution in [1.82, 2.24) is 15.3 Å². The number of anilines is 2.